The molecule has 0 atom stereocenters. The maximum atomic E-state index is 2.65. The molecule has 0 radical (unpaired) electrons. The van der Waals surface area contributed by atoms with Crippen LogP contribution in [0.25, 0.3) is 27.5 Å². The van der Waals surface area contributed by atoms with Gasteiger partial charge in [0.15, 0.2) is 16.1 Å². The van der Waals surface area contributed by atoms with E-state index in [1.807, 2.05) is 0 Å². The molecule has 0 spiro atoms. The van der Waals surface area contributed by atoms with Crippen LogP contribution < -0.4 is 67.7 Å². The van der Waals surface area contributed by atoms with Gasteiger partial charge in [-0.05, 0) is 132 Å². The number of anilines is 6. The van der Waals surface area contributed by atoms with E-state index in [0.29, 0.717) is 0 Å². The normalized spacial score (nSPS) is 12.7. The van der Waals surface area contributed by atoms with Gasteiger partial charge >= 0.3 is 0 Å². The highest BCUT2D eigenvalue weighted by atomic mass is 28.3. The first-order valence-electron chi connectivity index (χ1n) is 30.0. The minimum Gasteiger partial charge on any atom is -0.311 e. The van der Waals surface area contributed by atoms with Gasteiger partial charge in [0.1, 0.15) is 0 Å². The van der Waals surface area contributed by atoms with Crippen molar-refractivity contribution >= 4 is 137 Å². The number of para-hydroxylation sites is 2. The van der Waals surface area contributed by atoms with Crippen molar-refractivity contribution in [3.05, 3.63) is 339 Å². The number of aryl methyl sites for hydroxylation is 2. The van der Waals surface area contributed by atoms with Crippen molar-refractivity contribution in [1.29, 1.82) is 0 Å². The van der Waals surface area contributed by atoms with E-state index in [1.165, 1.54) is 108 Å². The molecule has 3 heterocycles. The van der Waals surface area contributed by atoms with E-state index in [0.717, 1.165) is 22.7 Å². The Morgan fingerprint density at radius 1 is 0.256 bits per heavy atom. The zero-order valence-electron chi connectivity index (χ0n) is 48.1. The standard InChI is InChI=1S/C80H60BN3Si2/c1-57-41-44-59(45-42-57)82-76-52-43-58(2)53-73(76)81-72-51-50-69(86(65-31-15-6-16-32-65,66-33-17-7-18-34-66)67-35-19-8-20-36-67)56-77(72)83(79-55-61(54-78(82)80(79)81)84-74-39-23-21-37-70(74)71-38-22-24-40-75(71)84)60-46-48-68(49-47-60)85(62-25-9-3-10-26-62,63-27-11-4-12-28-63)64-29-13-5-14-30-64/h3-56H,1-2H3. The summed E-state index contributed by atoms with van der Waals surface area (Å²) in [6.07, 6.45) is 0. The molecular weight excluding hydrogens is 1070 g/mol. The van der Waals surface area contributed by atoms with Crippen molar-refractivity contribution in [1.82, 2.24) is 4.57 Å². The largest absolute Gasteiger partial charge is 0.311 e. The summed E-state index contributed by atoms with van der Waals surface area (Å²) in [4.78, 5) is 5.21. The molecule has 2 aliphatic heterocycles. The van der Waals surface area contributed by atoms with Crippen LogP contribution in [-0.2, 0) is 0 Å². The van der Waals surface area contributed by atoms with E-state index >= 15 is 0 Å². The number of hydrogen-bond acceptors (Lipinski definition) is 2. The molecule has 14 aromatic rings. The Morgan fingerprint density at radius 3 is 1.07 bits per heavy atom. The first kappa shape index (κ1) is 51.4. The third kappa shape index (κ3) is 7.94. The Balaban J connectivity index is 1.04. The molecular formula is C80H60BN3Si2. The van der Waals surface area contributed by atoms with Gasteiger partial charge in [0.2, 0.25) is 0 Å². The SMILES string of the molecule is Cc1ccc(N2c3ccc(C)cc3B3c4ccc([Si](c5ccccc5)(c5ccccc5)c5ccccc5)cc4N(c4ccc([Si](c5ccccc5)(c5ccccc5)c5ccccc5)cc4)c4cc(-n5c6ccccc6c6ccccc65)cc2c43)cc1. The van der Waals surface area contributed by atoms with E-state index in [4.69, 9.17) is 0 Å². The summed E-state index contributed by atoms with van der Waals surface area (Å²) in [5.41, 5.74) is 16.7. The van der Waals surface area contributed by atoms with Crippen molar-refractivity contribution < 1.29 is 0 Å². The highest BCUT2D eigenvalue weighted by Crippen LogP contribution is 2.46. The molecule has 0 aliphatic carbocycles. The van der Waals surface area contributed by atoms with Crippen LogP contribution in [0.5, 0.6) is 0 Å². The van der Waals surface area contributed by atoms with E-state index in [2.05, 4.69) is 356 Å². The number of benzene rings is 13. The van der Waals surface area contributed by atoms with E-state index in [-0.39, 0.29) is 6.71 Å². The zero-order chi connectivity index (χ0) is 57.3. The van der Waals surface area contributed by atoms with Gasteiger partial charge in [0, 0.05) is 44.9 Å². The third-order valence-corrected chi connectivity index (χ3v) is 28.1. The van der Waals surface area contributed by atoms with Crippen LogP contribution in [0.4, 0.5) is 34.1 Å². The molecule has 2 aliphatic rings. The lowest BCUT2D eigenvalue weighted by atomic mass is 9.33. The summed E-state index contributed by atoms with van der Waals surface area (Å²) < 4.78 is 2.51. The van der Waals surface area contributed by atoms with E-state index in [1.54, 1.807) is 0 Å². The highest BCUT2D eigenvalue weighted by Gasteiger charge is 2.48. The molecule has 16 rings (SSSR count). The Morgan fingerprint density at radius 2 is 0.616 bits per heavy atom. The molecule has 0 saturated carbocycles. The van der Waals surface area contributed by atoms with Gasteiger partial charge in [-0.3, -0.25) is 0 Å². The summed E-state index contributed by atoms with van der Waals surface area (Å²) in [6.45, 7) is 4.34. The molecule has 0 fully saturated rings. The van der Waals surface area contributed by atoms with Crippen LogP contribution in [-0.4, -0.2) is 27.4 Å². The average molecular weight is 1130 g/mol. The summed E-state index contributed by atoms with van der Waals surface area (Å²) in [5, 5.41) is 13.2. The van der Waals surface area contributed by atoms with Crippen LogP contribution in [0, 0.1) is 13.8 Å². The quantitative estimate of drug-likeness (QED) is 0.0945. The van der Waals surface area contributed by atoms with Gasteiger partial charge in [-0.25, -0.2) is 0 Å². The summed E-state index contributed by atoms with van der Waals surface area (Å²) in [7, 11) is -5.94. The molecule has 13 aromatic carbocycles. The third-order valence-electron chi connectivity index (χ3n) is 18.6. The molecule has 0 bridgehead atoms. The van der Waals surface area contributed by atoms with Crippen molar-refractivity contribution in [3.63, 3.8) is 0 Å². The van der Waals surface area contributed by atoms with Gasteiger partial charge in [-0.2, -0.15) is 0 Å². The number of nitrogens with zero attached hydrogens (tertiary/aromatic N) is 3. The fraction of sp³-hybridized carbons (Fsp3) is 0.0250. The second kappa shape index (κ2) is 20.8. The van der Waals surface area contributed by atoms with Crippen molar-refractivity contribution in [2.75, 3.05) is 9.80 Å². The molecule has 0 unspecified atom stereocenters. The van der Waals surface area contributed by atoms with Crippen molar-refractivity contribution in [3.8, 4) is 5.69 Å². The Kier molecular flexibility index (Phi) is 12.4. The van der Waals surface area contributed by atoms with Crippen LogP contribution in [0.3, 0.4) is 0 Å². The summed E-state index contributed by atoms with van der Waals surface area (Å²) in [6, 6.07) is 125. The topological polar surface area (TPSA) is 11.4 Å². The lowest BCUT2D eigenvalue weighted by Gasteiger charge is -2.45. The van der Waals surface area contributed by atoms with Gasteiger partial charge in [0.05, 0.1) is 16.7 Å². The minimum absolute atomic E-state index is 0.0982. The van der Waals surface area contributed by atoms with E-state index < -0.39 is 16.1 Å². The summed E-state index contributed by atoms with van der Waals surface area (Å²) >= 11 is 0. The first-order chi connectivity index (χ1) is 42.5. The fourth-order valence-corrected chi connectivity index (χ4v) is 24.4. The molecule has 0 amide bonds. The maximum absolute atomic E-state index is 3.05. The lowest BCUT2D eigenvalue weighted by Crippen LogP contribution is -2.75. The smallest absolute Gasteiger partial charge is 0.252 e. The second-order valence-electron chi connectivity index (χ2n) is 23.3. The molecule has 6 heteroatoms. The number of hydrogen-bond donors (Lipinski definition) is 0. The molecule has 406 valence electrons. The second-order valence-corrected chi connectivity index (χ2v) is 30.9. The van der Waals surface area contributed by atoms with Gasteiger partial charge in [-0.1, -0.05) is 278 Å². The Labute approximate surface area is 506 Å². The summed E-state index contributed by atoms with van der Waals surface area (Å²) in [5.74, 6) is 0. The van der Waals surface area contributed by atoms with Gasteiger partial charge < -0.3 is 14.4 Å². The predicted octanol–water partition coefficient (Wildman–Crippen LogP) is 12.2. The monoisotopic (exact) mass is 1130 g/mol. The molecule has 3 nitrogen and oxygen atoms in total. The highest BCUT2D eigenvalue weighted by molar-refractivity contribution is 7.20. The fourth-order valence-electron chi connectivity index (χ4n) is 14.9. The van der Waals surface area contributed by atoms with Crippen molar-refractivity contribution in [2.24, 2.45) is 0 Å². The van der Waals surface area contributed by atoms with E-state index in [9.17, 15) is 0 Å². The van der Waals surface area contributed by atoms with Gasteiger partial charge in [0.25, 0.3) is 6.71 Å². The van der Waals surface area contributed by atoms with Crippen LogP contribution in [0.1, 0.15) is 11.1 Å². The predicted molar refractivity (Wildman–Crippen MR) is 372 cm³/mol. The van der Waals surface area contributed by atoms with Crippen LogP contribution >= 0.6 is 0 Å². The van der Waals surface area contributed by atoms with Crippen molar-refractivity contribution in [2.45, 2.75) is 13.8 Å². The first-order valence-corrected chi connectivity index (χ1v) is 34.0. The molecule has 86 heavy (non-hydrogen) atoms. The van der Waals surface area contributed by atoms with Gasteiger partial charge in [-0.15, -0.1) is 0 Å². The van der Waals surface area contributed by atoms with Crippen LogP contribution in [0.2, 0.25) is 0 Å². The maximum Gasteiger partial charge on any atom is 0.252 e. The number of aromatic nitrogens is 1. The Bertz CT molecular complexity index is 4580. The molecule has 1 aromatic heterocycles. The Hall–Kier alpha value is -10.2. The van der Waals surface area contributed by atoms with Crippen LogP contribution in [0.15, 0.2) is 328 Å². The minimum atomic E-state index is -3.05. The molecule has 0 N–H and O–H groups in total. The zero-order valence-corrected chi connectivity index (χ0v) is 50.1. The number of fused-ring (bicyclic) bond motifs is 7. The average Bonchev–Trinajstić information content (AvgIpc) is 0.762. The molecule has 0 saturated heterocycles. The lowest BCUT2D eigenvalue weighted by molar-refractivity contribution is 1.16. The number of rotatable bonds is 11.